The number of rotatable bonds is 3. The second-order valence-electron chi connectivity index (χ2n) is 6.96. The Bertz CT molecular complexity index is 1270. The summed E-state index contributed by atoms with van der Waals surface area (Å²) in [6, 6.07) is 25.1. The molecule has 1 aliphatic heterocycles. The van der Waals surface area contributed by atoms with Gasteiger partial charge in [0.1, 0.15) is 4.88 Å². The fourth-order valence-corrected chi connectivity index (χ4v) is 5.14. The van der Waals surface area contributed by atoms with Crippen LogP contribution in [0.25, 0.3) is 15.8 Å². The standard InChI is InChI=1S/C24H16Cl2N2OS/c25-17-12-10-15(11-13-17)19-14-20(16-6-2-1-3-7-16)28(27-19)24(29)23-22(26)18-8-4-5-9-21(18)30-23/h1-14,19,27H. The van der Waals surface area contributed by atoms with Gasteiger partial charge in [0.05, 0.1) is 16.8 Å². The van der Waals surface area contributed by atoms with E-state index in [9.17, 15) is 4.79 Å². The summed E-state index contributed by atoms with van der Waals surface area (Å²) < 4.78 is 0.990. The van der Waals surface area contributed by atoms with Crippen molar-refractivity contribution in [3.8, 4) is 0 Å². The maximum Gasteiger partial charge on any atom is 0.284 e. The van der Waals surface area contributed by atoms with Gasteiger partial charge in [-0.05, 0) is 35.4 Å². The highest BCUT2D eigenvalue weighted by Gasteiger charge is 2.32. The van der Waals surface area contributed by atoms with E-state index in [0.29, 0.717) is 14.9 Å². The Hall–Kier alpha value is -2.63. The molecule has 0 aliphatic carbocycles. The highest BCUT2D eigenvalue weighted by molar-refractivity contribution is 7.21. The summed E-state index contributed by atoms with van der Waals surface area (Å²) >= 11 is 14.0. The van der Waals surface area contributed by atoms with Crippen LogP contribution in [0.4, 0.5) is 0 Å². The van der Waals surface area contributed by atoms with Gasteiger partial charge >= 0.3 is 0 Å². The van der Waals surface area contributed by atoms with Crippen LogP contribution in [0.15, 0.2) is 84.9 Å². The summed E-state index contributed by atoms with van der Waals surface area (Å²) in [6.45, 7) is 0. The lowest BCUT2D eigenvalue weighted by Crippen LogP contribution is -2.38. The largest absolute Gasteiger partial charge is 0.284 e. The zero-order valence-electron chi connectivity index (χ0n) is 15.7. The Morgan fingerprint density at radius 1 is 0.900 bits per heavy atom. The van der Waals surface area contributed by atoms with Crippen LogP contribution >= 0.6 is 34.5 Å². The molecule has 1 N–H and O–H groups in total. The molecule has 1 unspecified atom stereocenters. The molecule has 5 rings (SSSR count). The first kappa shape index (κ1) is 19.3. The fraction of sp³-hybridized carbons (Fsp3) is 0.0417. The minimum Gasteiger partial charge on any atom is -0.266 e. The number of benzene rings is 3. The molecule has 1 amide bonds. The van der Waals surface area contributed by atoms with E-state index in [4.69, 9.17) is 23.2 Å². The predicted octanol–water partition coefficient (Wildman–Crippen LogP) is 6.95. The number of carbonyl (C=O) groups excluding carboxylic acids is 1. The molecular formula is C24H16Cl2N2OS. The molecule has 1 aromatic heterocycles. The van der Waals surface area contributed by atoms with E-state index in [1.807, 2.05) is 78.9 Å². The Morgan fingerprint density at radius 3 is 2.33 bits per heavy atom. The van der Waals surface area contributed by atoms with Crippen LogP contribution in [-0.4, -0.2) is 10.9 Å². The molecule has 1 aliphatic rings. The average molecular weight is 451 g/mol. The number of nitrogens with one attached hydrogen (secondary N) is 1. The number of carbonyl (C=O) groups is 1. The molecule has 30 heavy (non-hydrogen) atoms. The van der Waals surface area contributed by atoms with Gasteiger partial charge in [0.15, 0.2) is 0 Å². The molecule has 0 radical (unpaired) electrons. The molecule has 0 spiro atoms. The third kappa shape index (κ3) is 3.42. The van der Waals surface area contributed by atoms with E-state index in [1.54, 1.807) is 5.01 Å². The normalized spacial score (nSPS) is 16.1. The van der Waals surface area contributed by atoms with Crippen molar-refractivity contribution in [2.45, 2.75) is 6.04 Å². The number of hydrogen-bond acceptors (Lipinski definition) is 3. The van der Waals surface area contributed by atoms with Crippen molar-refractivity contribution < 1.29 is 4.79 Å². The second kappa shape index (κ2) is 7.89. The first-order chi connectivity index (χ1) is 14.6. The van der Waals surface area contributed by atoms with E-state index >= 15 is 0 Å². The Kier molecular flexibility index (Phi) is 5.09. The third-order valence-corrected chi connectivity index (χ3v) is 6.98. The predicted molar refractivity (Wildman–Crippen MR) is 125 cm³/mol. The zero-order chi connectivity index (χ0) is 20.7. The van der Waals surface area contributed by atoms with Gasteiger partial charge in [0.25, 0.3) is 5.91 Å². The molecule has 0 saturated carbocycles. The Morgan fingerprint density at radius 2 is 1.60 bits per heavy atom. The number of hydrogen-bond donors (Lipinski definition) is 1. The van der Waals surface area contributed by atoms with Crippen LogP contribution in [-0.2, 0) is 0 Å². The van der Waals surface area contributed by atoms with Gasteiger partial charge in [-0.2, -0.15) is 0 Å². The summed E-state index contributed by atoms with van der Waals surface area (Å²) in [4.78, 5) is 14.1. The number of hydrazine groups is 1. The van der Waals surface area contributed by atoms with Gasteiger partial charge in [-0.25, -0.2) is 10.4 Å². The summed E-state index contributed by atoms with van der Waals surface area (Å²) in [5, 5.41) is 3.66. The molecule has 0 fully saturated rings. The lowest BCUT2D eigenvalue weighted by atomic mass is 10.1. The van der Waals surface area contributed by atoms with E-state index < -0.39 is 0 Å². The molecule has 1 atom stereocenters. The summed E-state index contributed by atoms with van der Waals surface area (Å²) in [6.07, 6.45) is 2.05. The highest BCUT2D eigenvalue weighted by Crippen LogP contribution is 2.39. The second-order valence-corrected chi connectivity index (χ2v) is 8.82. The minimum atomic E-state index is -0.173. The average Bonchev–Trinajstić information content (AvgIpc) is 3.37. The topological polar surface area (TPSA) is 32.3 Å². The lowest BCUT2D eigenvalue weighted by Gasteiger charge is -2.22. The van der Waals surface area contributed by atoms with Crippen LogP contribution in [0.3, 0.4) is 0 Å². The van der Waals surface area contributed by atoms with Crippen molar-refractivity contribution in [1.29, 1.82) is 0 Å². The Labute approximate surface area is 188 Å². The molecular weight excluding hydrogens is 435 g/mol. The highest BCUT2D eigenvalue weighted by atomic mass is 35.5. The molecule has 0 saturated heterocycles. The smallest absolute Gasteiger partial charge is 0.266 e. The SMILES string of the molecule is O=C(c1sc2ccccc2c1Cl)N1NC(c2ccc(Cl)cc2)C=C1c1ccccc1. The summed E-state index contributed by atoms with van der Waals surface area (Å²) in [5.41, 5.74) is 6.11. The van der Waals surface area contributed by atoms with E-state index in [-0.39, 0.29) is 11.9 Å². The van der Waals surface area contributed by atoms with Crippen molar-refractivity contribution in [2.75, 3.05) is 0 Å². The zero-order valence-corrected chi connectivity index (χ0v) is 18.0. The van der Waals surface area contributed by atoms with Gasteiger partial charge in [-0.15, -0.1) is 11.3 Å². The van der Waals surface area contributed by atoms with Crippen molar-refractivity contribution in [2.24, 2.45) is 0 Å². The van der Waals surface area contributed by atoms with Crippen LogP contribution in [0.5, 0.6) is 0 Å². The maximum atomic E-state index is 13.6. The first-order valence-electron chi connectivity index (χ1n) is 9.42. The number of nitrogens with zero attached hydrogens (tertiary/aromatic N) is 1. The quantitative estimate of drug-likeness (QED) is 0.366. The van der Waals surface area contributed by atoms with Crippen molar-refractivity contribution in [1.82, 2.24) is 10.4 Å². The van der Waals surface area contributed by atoms with Crippen LogP contribution in [0.1, 0.15) is 26.8 Å². The maximum absolute atomic E-state index is 13.6. The van der Waals surface area contributed by atoms with Crippen LogP contribution in [0.2, 0.25) is 10.0 Å². The van der Waals surface area contributed by atoms with E-state index in [1.165, 1.54) is 11.3 Å². The molecule has 0 bridgehead atoms. The van der Waals surface area contributed by atoms with Crippen molar-refractivity contribution in [3.63, 3.8) is 0 Å². The molecule has 148 valence electrons. The van der Waals surface area contributed by atoms with Crippen LogP contribution < -0.4 is 5.43 Å². The number of thiophene rings is 1. The first-order valence-corrected chi connectivity index (χ1v) is 11.0. The third-order valence-electron chi connectivity index (χ3n) is 5.06. The molecule has 4 aromatic rings. The van der Waals surface area contributed by atoms with Gasteiger partial charge in [-0.3, -0.25) is 4.79 Å². The number of halogens is 2. The van der Waals surface area contributed by atoms with Crippen molar-refractivity contribution in [3.05, 3.63) is 111 Å². The van der Waals surface area contributed by atoms with Gasteiger partial charge < -0.3 is 0 Å². The summed E-state index contributed by atoms with van der Waals surface area (Å²) in [7, 11) is 0. The molecule has 3 aromatic carbocycles. The fourth-order valence-electron chi connectivity index (χ4n) is 3.57. The number of amides is 1. The van der Waals surface area contributed by atoms with Gasteiger partial charge in [0, 0.05) is 15.1 Å². The van der Waals surface area contributed by atoms with E-state index in [0.717, 1.165) is 26.9 Å². The number of fused-ring (bicyclic) bond motifs is 1. The van der Waals surface area contributed by atoms with Gasteiger partial charge in [-0.1, -0.05) is 83.9 Å². The molecule has 6 heteroatoms. The summed E-state index contributed by atoms with van der Waals surface area (Å²) in [5.74, 6) is -0.173. The Balaban J connectivity index is 1.56. The lowest BCUT2D eigenvalue weighted by molar-refractivity contribution is 0.0783. The minimum absolute atomic E-state index is 0.158. The van der Waals surface area contributed by atoms with Gasteiger partial charge in [0.2, 0.25) is 0 Å². The van der Waals surface area contributed by atoms with Crippen molar-refractivity contribution >= 4 is 56.2 Å². The van der Waals surface area contributed by atoms with E-state index in [2.05, 4.69) is 11.5 Å². The van der Waals surface area contributed by atoms with Crippen LogP contribution in [0, 0.1) is 0 Å². The molecule has 3 nitrogen and oxygen atoms in total. The molecule has 2 heterocycles. The monoisotopic (exact) mass is 450 g/mol.